The fourth-order valence-electron chi connectivity index (χ4n) is 1.11. The van der Waals surface area contributed by atoms with Crippen LogP contribution in [-0.2, 0) is 4.74 Å². The third-order valence-corrected chi connectivity index (χ3v) is 2.06. The smallest absolute Gasteiger partial charge is 0.421 e. The Hall–Kier alpha value is -2.49. The number of carbonyl (C=O) groups excluding carboxylic acids is 1. The monoisotopic (exact) mass is 432 g/mol. The van der Waals surface area contributed by atoms with E-state index in [2.05, 4.69) is 26.5 Å². The second-order valence-corrected chi connectivity index (χ2v) is 6.14. The zero-order valence-corrected chi connectivity index (χ0v) is 17.8. The van der Waals surface area contributed by atoms with Gasteiger partial charge in [0, 0.05) is 24.8 Å². The van der Waals surface area contributed by atoms with Crippen LogP contribution >= 0.6 is 23.2 Å². The van der Waals surface area contributed by atoms with Crippen LogP contribution in [0.4, 0.5) is 4.79 Å². The van der Waals surface area contributed by atoms with Crippen LogP contribution in [0.5, 0.6) is 5.88 Å². The standard InChI is InChI=1S/C6H6N2.C5H12N2O2.C5H6N2O.CH2Cl2/c1-2-6-5-7-3-4-8-6;1-5(2,3)9-4(8)7-6;1-8-5-4-6-2-3-7-5;2-1-3/h2-5H,1H2;6H2,1-3H3,(H,7,8);2-4H,1H3;1H2. The summed E-state index contributed by atoms with van der Waals surface area (Å²) in [5, 5.41) is 0.194. The highest BCUT2D eigenvalue weighted by atomic mass is 35.5. The van der Waals surface area contributed by atoms with Gasteiger partial charge in [0.25, 0.3) is 0 Å². The molecule has 2 aromatic heterocycles. The predicted octanol–water partition coefficient (Wildman–Crippen LogP) is 3.41. The minimum Gasteiger partial charge on any atom is -0.480 e. The summed E-state index contributed by atoms with van der Waals surface area (Å²) >= 11 is 9.53. The van der Waals surface area contributed by atoms with Crippen LogP contribution in [0.25, 0.3) is 6.08 Å². The lowest BCUT2D eigenvalue weighted by molar-refractivity contribution is 0.0527. The third-order valence-electron chi connectivity index (χ3n) is 2.06. The molecule has 0 bridgehead atoms. The van der Waals surface area contributed by atoms with Gasteiger partial charge in [-0.15, -0.1) is 23.2 Å². The number of nitrogens with one attached hydrogen (secondary N) is 1. The van der Waals surface area contributed by atoms with Crippen LogP contribution in [-0.4, -0.2) is 44.1 Å². The molecule has 9 nitrogen and oxygen atoms in total. The number of hydrogen-bond acceptors (Lipinski definition) is 8. The van der Waals surface area contributed by atoms with Gasteiger partial charge < -0.3 is 9.47 Å². The molecule has 0 atom stereocenters. The first-order chi connectivity index (χ1) is 13.2. The Morgan fingerprint density at radius 1 is 1.18 bits per heavy atom. The molecule has 0 saturated carbocycles. The molecule has 11 heteroatoms. The molecule has 0 aromatic carbocycles. The number of ether oxygens (including phenoxy) is 2. The largest absolute Gasteiger partial charge is 0.480 e. The molecular weight excluding hydrogens is 407 g/mol. The molecule has 2 rings (SSSR count). The van der Waals surface area contributed by atoms with E-state index >= 15 is 0 Å². The fourth-order valence-corrected chi connectivity index (χ4v) is 1.11. The maximum atomic E-state index is 10.4. The van der Waals surface area contributed by atoms with Crippen LogP contribution in [0.2, 0.25) is 0 Å². The Labute approximate surface area is 175 Å². The molecule has 0 radical (unpaired) electrons. The number of alkyl halides is 2. The van der Waals surface area contributed by atoms with Crippen molar-refractivity contribution < 1.29 is 14.3 Å². The molecule has 0 aliphatic heterocycles. The number of hydrazine groups is 1. The van der Waals surface area contributed by atoms with E-state index in [9.17, 15) is 4.79 Å². The summed E-state index contributed by atoms with van der Waals surface area (Å²) in [4.78, 5) is 25.7. The summed E-state index contributed by atoms with van der Waals surface area (Å²) in [6.07, 6.45) is 10.7. The third kappa shape index (κ3) is 19.8. The Morgan fingerprint density at radius 3 is 1.93 bits per heavy atom. The second-order valence-electron chi connectivity index (χ2n) is 5.33. The van der Waals surface area contributed by atoms with Crippen molar-refractivity contribution in [3.8, 4) is 5.88 Å². The molecule has 1 amide bonds. The second kappa shape index (κ2) is 17.9. The van der Waals surface area contributed by atoms with Crippen molar-refractivity contribution in [1.29, 1.82) is 0 Å². The number of aromatic nitrogens is 4. The maximum Gasteiger partial charge on any atom is 0.421 e. The summed E-state index contributed by atoms with van der Waals surface area (Å²) in [6, 6.07) is 0. The first kappa shape index (κ1) is 27.7. The summed E-state index contributed by atoms with van der Waals surface area (Å²) in [5.41, 5.74) is 2.20. The van der Waals surface area contributed by atoms with Gasteiger partial charge in [0.05, 0.1) is 30.5 Å². The van der Waals surface area contributed by atoms with Crippen LogP contribution in [0.1, 0.15) is 26.5 Å². The quantitative estimate of drug-likeness (QED) is 0.320. The van der Waals surface area contributed by atoms with E-state index in [0.717, 1.165) is 5.69 Å². The molecule has 156 valence electrons. The number of rotatable bonds is 2. The van der Waals surface area contributed by atoms with E-state index < -0.39 is 11.7 Å². The number of nitrogens with two attached hydrogens (primary N) is 1. The first-order valence-corrected chi connectivity index (χ1v) is 8.80. The molecule has 28 heavy (non-hydrogen) atoms. The van der Waals surface area contributed by atoms with Gasteiger partial charge in [0.2, 0.25) is 5.88 Å². The van der Waals surface area contributed by atoms with Gasteiger partial charge >= 0.3 is 6.09 Å². The SMILES string of the molecule is C=Cc1cnccn1.CC(C)(C)OC(=O)NN.COc1cnccn1.ClCCl. The number of methoxy groups -OCH3 is 1. The van der Waals surface area contributed by atoms with E-state index in [1.54, 1.807) is 71.1 Å². The van der Waals surface area contributed by atoms with Crippen molar-refractivity contribution in [3.63, 3.8) is 0 Å². The van der Waals surface area contributed by atoms with Crippen molar-refractivity contribution >= 4 is 35.4 Å². The van der Waals surface area contributed by atoms with E-state index in [1.807, 2.05) is 5.43 Å². The molecule has 2 aromatic rings. The van der Waals surface area contributed by atoms with E-state index in [4.69, 9.17) is 38.5 Å². The van der Waals surface area contributed by atoms with Gasteiger partial charge in [0.15, 0.2) is 0 Å². The van der Waals surface area contributed by atoms with Crippen molar-refractivity contribution in [2.75, 3.05) is 12.4 Å². The summed E-state index contributed by atoms with van der Waals surface area (Å²) in [5.74, 6) is 5.30. The Morgan fingerprint density at radius 2 is 1.71 bits per heavy atom. The summed E-state index contributed by atoms with van der Waals surface area (Å²) in [7, 11) is 1.56. The van der Waals surface area contributed by atoms with Crippen LogP contribution < -0.4 is 16.0 Å². The number of amides is 1. The molecule has 0 unspecified atom stereocenters. The Kier molecular flexibility index (Phi) is 17.7. The first-order valence-electron chi connectivity index (χ1n) is 7.74. The van der Waals surface area contributed by atoms with E-state index in [-0.39, 0.29) is 5.34 Å². The minimum absolute atomic E-state index is 0.194. The van der Waals surface area contributed by atoms with Crippen molar-refractivity contribution in [3.05, 3.63) is 49.5 Å². The summed E-state index contributed by atoms with van der Waals surface area (Å²) in [6.45, 7) is 8.83. The molecule has 0 spiro atoms. The zero-order valence-electron chi connectivity index (χ0n) is 16.3. The van der Waals surface area contributed by atoms with Gasteiger partial charge in [-0.2, -0.15) is 0 Å². The van der Waals surface area contributed by atoms with Gasteiger partial charge in [-0.05, 0) is 26.8 Å². The van der Waals surface area contributed by atoms with Crippen LogP contribution in [0.3, 0.4) is 0 Å². The van der Waals surface area contributed by atoms with Gasteiger partial charge in [-0.25, -0.2) is 15.6 Å². The number of nitrogens with zero attached hydrogens (tertiary/aromatic N) is 4. The molecule has 0 fully saturated rings. The average Bonchev–Trinajstić information content (AvgIpc) is 2.69. The number of hydrogen-bond donors (Lipinski definition) is 2. The molecule has 0 aliphatic carbocycles. The van der Waals surface area contributed by atoms with E-state index in [1.165, 1.54) is 0 Å². The highest BCUT2D eigenvalue weighted by molar-refractivity contribution is 6.40. The lowest BCUT2D eigenvalue weighted by atomic mass is 10.2. The lowest BCUT2D eigenvalue weighted by Gasteiger charge is -2.18. The zero-order chi connectivity index (χ0) is 21.8. The lowest BCUT2D eigenvalue weighted by Crippen LogP contribution is -2.36. The average molecular weight is 433 g/mol. The molecular formula is C17H26Cl2N6O3. The van der Waals surface area contributed by atoms with Crippen LogP contribution in [0.15, 0.2) is 43.8 Å². The minimum atomic E-state index is -0.609. The molecule has 0 aliphatic rings. The molecule has 0 saturated heterocycles. The normalized spacial score (nSPS) is 8.96. The van der Waals surface area contributed by atoms with Crippen molar-refractivity contribution in [2.45, 2.75) is 26.4 Å². The maximum absolute atomic E-state index is 10.4. The van der Waals surface area contributed by atoms with E-state index in [0.29, 0.717) is 5.88 Å². The fraction of sp³-hybridized carbons (Fsp3) is 0.353. The van der Waals surface area contributed by atoms with Gasteiger partial charge in [0.1, 0.15) is 5.60 Å². The highest BCUT2D eigenvalue weighted by Gasteiger charge is 2.14. The van der Waals surface area contributed by atoms with Gasteiger partial charge in [-0.3, -0.25) is 20.4 Å². The summed E-state index contributed by atoms with van der Waals surface area (Å²) < 4.78 is 9.45. The topological polar surface area (TPSA) is 125 Å². The Bertz CT molecular complexity index is 628. The molecule has 2 heterocycles. The highest BCUT2D eigenvalue weighted by Crippen LogP contribution is 2.05. The van der Waals surface area contributed by atoms with Crippen molar-refractivity contribution in [1.82, 2.24) is 25.4 Å². The van der Waals surface area contributed by atoms with Crippen LogP contribution in [0, 0.1) is 0 Å². The van der Waals surface area contributed by atoms with Crippen molar-refractivity contribution in [2.24, 2.45) is 5.84 Å². The predicted molar refractivity (Wildman–Crippen MR) is 111 cm³/mol. The number of carbonyl (C=O) groups is 1. The number of halogens is 2. The van der Waals surface area contributed by atoms with Gasteiger partial charge in [-0.1, -0.05) is 6.58 Å². The Balaban J connectivity index is 0. The molecule has 3 N–H and O–H groups in total.